The molecule has 2 fully saturated rings. The Morgan fingerprint density at radius 1 is 1.43 bits per heavy atom. The molecule has 4 nitrogen and oxygen atoms in total. The van der Waals surface area contributed by atoms with E-state index in [2.05, 4.69) is 0 Å². The summed E-state index contributed by atoms with van der Waals surface area (Å²) in [7, 11) is 1.64. The Labute approximate surface area is 125 Å². The summed E-state index contributed by atoms with van der Waals surface area (Å²) in [6.07, 6.45) is 2.86. The van der Waals surface area contributed by atoms with Gasteiger partial charge in [-0.3, -0.25) is 4.79 Å². The number of nitrogens with zero attached hydrogens (tertiary/aromatic N) is 1. The Bertz CT molecular complexity index is 545. The third kappa shape index (κ3) is 2.42. The smallest absolute Gasteiger partial charge is 0.219 e. The van der Waals surface area contributed by atoms with Gasteiger partial charge in [-0.05, 0) is 42.9 Å². The monoisotopic (exact) mass is 289 g/mol. The van der Waals surface area contributed by atoms with Crippen molar-refractivity contribution in [2.75, 3.05) is 20.2 Å². The molecule has 0 bridgehead atoms. The molecule has 1 saturated carbocycles. The first kappa shape index (κ1) is 14.4. The van der Waals surface area contributed by atoms with Crippen molar-refractivity contribution in [2.45, 2.75) is 31.8 Å². The average Bonchev–Trinajstić information content (AvgIpc) is 2.93. The van der Waals surface area contributed by atoms with Gasteiger partial charge in [0.25, 0.3) is 0 Å². The van der Waals surface area contributed by atoms with Crippen LogP contribution >= 0.6 is 0 Å². The van der Waals surface area contributed by atoms with Crippen molar-refractivity contribution in [3.63, 3.8) is 0 Å². The van der Waals surface area contributed by atoms with Gasteiger partial charge in [0.1, 0.15) is 5.75 Å². The minimum Gasteiger partial charge on any atom is -0.497 e. The standard InChI is InChI=1S/C17H23NO3/c1-12(19)18-10-13-5-4-8-17(20,16(13)11-18)14-6-3-7-15(9-14)21-2/h3,6-7,9,13,16,20H,4-5,8,10-11H2,1-2H3/t13-,16+,17+/m0/s1. The topological polar surface area (TPSA) is 49.8 Å². The van der Waals surface area contributed by atoms with Gasteiger partial charge in [-0.15, -0.1) is 0 Å². The molecule has 0 aromatic heterocycles. The van der Waals surface area contributed by atoms with Crippen molar-refractivity contribution in [3.8, 4) is 5.75 Å². The number of hydrogen-bond donors (Lipinski definition) is 1. The normalized spacial score (nSPS) is 31.9. The highest BCUT2D eigenvalue weighted by atomic mass is 16.5. The van der Waals surface area contributed by atoms with Crippen LogP contribution in [-0.2, 0) is 10.4 Å². The zero-order chi connectivity index (χ0) is 15.0. The molecule has 0 radical (unpaired) electrons. The van der Waals surface area contributed by atoms with E-state index >= 15 is 0 Å². The van der Waals surface area contributed by atoms with Crippen LogP contribution < -0.4 is 4.74 Å². The third-order valence-corrected chi connectivity index (χ3v) is 5.20. The Morgan fingerprint density at radius 2 is 2.24 bits per heavy atom. The minimum absolute atomic E-state index is 0.109. The van der Waals surface area contributed by atoms with Crippen molar-refractivity contribution in [2.24, 2.45) is 11.8 Å². The molecule has 1 aromatic rings. The lowest BCUT2D eigenvalue weighted by Crippen LogP contribution is -2.42. The van der Waals surface area contributed by atoms with E-state index in [-0.39, 0.29) is 11.8 Å². The number of carbonyl (C=O) groups excluding carboxylic acids is 1. The first-order chi connectivity index (χ1) is 10.0. The summed E-state index contributed by atoms with van der Waals surface area (Å²) < 4.78 is 5.29. The Hall–Kier alpha value is -1.55. The molecule has 4 heteroatoms. The first-order valence-corrected chi connectivity index (χ1v) is 7.67. The molecular formula is C17H23NO3. The Kier molecular flexibility index (Phi) is 3.66. The highest BCUT2D eigenvalue weighted by molar-refractivity contribution is 5.73. The van der Waals surface area contributed by atoms with Crippen LogP contribution in [0.15, 0.2) is 24.3 Å². The predicted molar refractivity (Wildman–Crippen MR) is 80.0 cm³/mol. The van der Waals surface area contributed by atoms with Crippen LogP contribution in [0.5, 0.6) is 5.75 Å². The fourth-order valence-corrected chi connectivity index (χ4v) is 4.03. The van der Waals surface area contributed by atoms with Crippen LogP contribution in [0.2, 0.25) is 0 Å². The lowest BCUT2D eigenvalue weighted by Gasteiger charge is -2.41. The number of benzene rings is 1. The SMILES string of the molecule is COc1cccc([C@]2(O)CCC[C@H]3CN(C(C)=O)C[C@H]32)c1. The largest absolute Gasteiger partial charge is 0.497 e. The van der Waals surface area contributed by atoms with Crippen LogP contribution in [0, 0.1) is 11.8 Å². The molecule has 3 atom stereocenters. The van der Waals surface area contributed by atoms with E-state index in [0.717, 1.165) is 37.1 Å². The molecule has 0 spiro atoms. The molecule has 1 saturated heterocycles. The molecule has 2 aliphatic rings. The van der Waals surface area contributed by atoms with Gasteiger partial charge >= 0.3 is 0 Å². The van der Waals surface area contributed by atoms with E-state index in [1.807, 2.05) is 29.2 Å². The maximum Gasteiger partial charge on any atom is 0.219 e. The first-order valence-electron chi connectivity index (χ1n) is 7.67. The number of methoxy groups -OCH3 is 1. The Morgan fingerprint density at radius 3 is 2.95 bits per heavy atom. The molecule has 114 valence electrons. The van der Waals surface area contributed by atoms with Gasteiger partial charge in [-0.2, -0.15) is 0 Å². The summed E-state index contributed by atoms with van der Waals surface area (Å²) >= 11 is 0. The quantitative estimate of drug-likeness (QED) is 0.907. The number of aliphatic hydroxyl groups is 1. The van der Waals surface area contributed by atoms with Crippen LogP contribution in [0.1, 0.15) is 31.7 Å². The average molecular weight is 289 g/mol. The number of fused-ring (bicyclic) bond motifs is 1. The molecule has 1 N–H and O–H groups in total. The van der Waals surface area contributed by atoms with Crippen LogP contribution in [-0.4, -0.2) is 36.1 Å². The van der Waals surface area contributed by atoms with Crippen molar-refractivity contribution in [1.29, 1.82) is 0 Å². The summed E-state index contributed by atoms with van der Waals surface area (Å²) in [6.45, 7) is 3.06. The second-order valence-electron chi connectivity index (χ2n) is 6.34. The van der Waals surface area contributed by atoms with Crippen molar-refractivity contribution in [1.82, 2.24) is 4.90 Å². The summed E-state index contributed by atoms with van der Waals surface area (Å²) in [5, 5.41) is 11.3. The second-order valence-corrected chi connectivity index (χ2v) is 6.34. The Balaban J connectivity index is 1.93. The van der Waals surface area contributed by atoms with Gasteiger partial charge in [0.15, 0.2) is 0 Å². The van der Waals surface area contributed by atoms with Crippen LogP contribution in [0.25, 0.3) is 0 Å². The molecule has 1 aliphatic heterocycles. The number of ether oxygens (including phenoxy) is 1. The van der Waals surface area contributed by atoms with E-state index in [1.54, 1.807) is 14.0 Å². The summed E-state index contributed by atoms with van der Waals surface area (Å²) in [5.74, 6) is 1.41. The van der Waals surface area contributed by atoms with Gasteiger partial charge in [-0.1, -0.05) is 12.1 Å². The summed E-state index contributed by atoms with van der Waals surface area (Å²) in [5.41, 5.74) is 0.0729. The van der Waals surface area contributed by atoms with Crippen molar-refractivity contribution >= 4 is 5.91 Å². The molecule has 1 heterocycles. The summed E-state index contributed by atoms with van der Waals surface area (Å²) in [6, 6.07) is 7.72. The minimum atomic E-state index is -0.846. The lowest BCUT2D eigenvalue weighted by molar-refractivity contribution is -0.128. The number of hydrogen-bond acceptors (Lipinski definition) is 3. The van der Waals surface area contributed by atoms with E-state index < -0.39 is 5.60 Å². The van der Waals surface area contributed by atoms with E-state index in [1.165, 1.54) is 0 Å². The predicted octanol–water partition coefficient (Wildman–Crippen LogP) is 2.16. The number of likely N-dealkylation sites (tertiary alicyclic amines) is 1. The maximum atomic E-state index is 11.7. The second kappa shape index (κ2) is 5.34. The van der Waals surface area contributed by atoms with Gasteiger partial charge < -0.3 is 14.7 Å². The highest BCUT2D eigenvalue weighted by Gasteiger charge is 2.50. The van der Waals surface area contributed by atoms with Crippen LogP contribution in [0.3, 0.4) is 0 Å². The molecule has 1 aromatic carbocycles. The van der Waals surface area contributed by atoms with Gasteiger partial charge in [0, 0.05) is 25.9 Å². The van der Waals surface area contributed by atoms with Crippen molar-refractivity contribution < 1.29 is 14.6 Å². The van der Waals surface area contributed by atoms with E-state index in [9.17, 15) is 9.90 Å². The van der Waals surface area contributed by atoms with Gasteiger partial charge in [0.05, 0.1) is 12.7 Å². The van der Waals surface area contributed by atoms with Gasteiger partial charge in [-0.25, -0.2) is 0 Å². The number of carbonyl (C=O) groups is 1. The maximum absolute atomic E-state index is 11.7. The highest BCUT2D eigenvalue weighted by Crippen LogP contribution is 2.48. The number of rotatable bonds is 2. The van der Waals surface area contributed by atoms with Gasteiger partial charge in [0.2, 0.25) is 5.91 Å². The molecule has 21 heavy (non-hydrogen) atoms. The molecular weight excluding hydrogens is 266 g/mol. The third-order valence-electron chi connectivity index (χ3n) is 5.20. The lowest BCUT2D eigenvalue weighted by atomic mass is 9.67. The fraction of sp³-hybridized carbons (Fsp3) is 0.588. The molecule has 1 amide bonds. The van der Waals surface area contributed by atoms with Crippen molar-refractivity contribution in [3.05, 3.63) is 29.8 Å². The zero-order valence-electron chi connectivity index (χ0n) is 12.7. The summed E-state index contributed by atoms with van der Waals surface area (Å²) in [4.78, 5) is 13.5. The number of amides is 1. The molecule has 0 unspecified atom stereocenters. The van der Waals surface area contributed by atoms with E-state index in [4.69, 9.17) is 4.74 Å². The fourth-order valence-electron chi connectivity index (χ4n) is 4.03. The molecule has 1 aliphatic carbocycles. The zero-order valence-corrected chi connectivity index (χ0v) is 12.7. The van der Waals surface area contributed by atoms with E-state index in [0.29, 0.717) is 12.5 Å². The molecule has 3 rings (SSSR count). The van der Waals surface area contributed by atoms with Crippen LogP contribution in [0.4, 0.5) is 0 Å².